The van der Waals surface area contributed by atoms with Crippen molar-refractivity contribution in [3.63, 3.8) is 0 Å². The Morgan fingerprint density at radius 3 is 2.19 bits per heavy atom. The van der Waals surface area contributed by atoms with E-state index >= 15 is 0 Å². The van der Waals surface area contributed by atoms with Crippen molar-refractivity contribution in [2.24, 2.45) is 40.5 Å². The standard InChI is InChI=1S/C77H130ClF3N12O/c1-13-56(6)70-49-86-69(45-54(2)3)57(7)85-50-72-73(75(94)91-41-22-15-23-42-91)60(10)93(72)74(55(4)5)59(9)88-76(35-20-21-36-76)53-83-39-38-82-37-34-64(32-30-63-31-33-67(68(78)47-63)77(79,80)81)84-40-44-89(11)51-66(46-61-25-16-14-17-26-61)90(12)52-65-29-24-43-92(65)71(58(8)87-70)48-62-27-18-19-28-62/h31,33-34,37,40,44,47,51-52,54-62,69-74,83-88H,13-30,32,35-36,38-39,41-43,45-46,48-50,53H2,1-12H3/t56-,57?,58?,59?,60?,69-,70+,71-,72?,73-,74-/m0/s1. The van der Waals surface area contributed by atoms with E-state index in [1.54, 1.807) is 0 Å². The van der Waals surface area contributed by atoms with Gasteiger partial charge in [0.25, 0.3) is 0 Å². The molecule has 3 saturated carbocycles. The normalized spacial score (nSPS) is 30.2. The number of benzene rings is 1. The van der Waals surface area contributed by atoms with E-state index in [1.807, 2.05) is 18.5 Å². The van der Waals surface area contributed by atoms with Crippen LogP contribution in [0.25, 0.3) is 0 Å². The Morgan fingerprint density at radius 2 is 1.51 bits per heavy atom. The molecule has 3 saturated heterocycles. The number of carbonyl (C=O) groups is 1. The fraction of sp³-hybridized carbons (Fsp3) is 0.792. The molecule has 4 heterocycles. The van der Waals surface area contributed by atoms with Crippen molar-refractivity contribution in [3.8, 4) is 0 Å². The van der Waals surface area contributed by atoms with Crippen LogP contribution >= 0.6 is 11.6 Å². The van der Waals surface area contributed by atoms with Gasteiger partial charge in [-0.3, -0.25) is 14.7 Å². The van der Waals surface area contributed by atoms with Gasteiger partial charge in [0, 0.05) is 168 Å². The molecule has 4 aliphatic heterocycles. The summed E-state index contributed by atoms with van der Waals surface area (Å²) in [5.41, 5.74) is 3.53. The van der Waals surface area contributed by atoms with Crippen molar-refractivity contribution in [1.29, 1.82) is 0 Å². The summed E-state index contributed by atoms with van der Waals surface area (Å²) in [5.74, 6) is 3.05. The second-order valence-corrected chi connectivity index (χ2v) is 31.7. The van der Waals surface area contributed by atoms with Crippen molar-refractivity contribution >= 4 is 23.7 Å². The largest absolute Gasteiger partial charge is 0.417 e. The summed E-state index contributed by atoms with van der Waals surface area (Å²) in [6, 6.07) is 6.12. The zero-order valence-corrected chi connectivity index (χ0v) is 61.3. The van der Waals surface area contributed by atoms with Crippen LogP contribution in [-0.4, -0.2) is 163 Å². The predicted molar refractivity (Wildman–Crippen MR) is 387 cm³/mol. The molecule has 11 atom stereocenters. The number of fused-ring (bicyclic) bond motifs is 2. The molecule has 1 spiro atoms. The Hall–Kier alpha value is -3.64. The topological polar surface area (TPSA) is 118 Å². The molecule has 1 aromatic carbocycles. The fourth-order valence-electron chi connectivity index (χ4n) is 17.7. The molecule has 1 aromatic rings. The molecule has 7 aliphatic rings. The van der Waals surface area contributed by atoms with Crippen LogP contribution < -0.4 is 31.9 Å². The summed E-state index contributed by atoms with van der Waals surface area (Å²) in [7, 11) is 4.39. The van der Waals surface area contributed by atoms with Crippen molar-refractivity contribution in [2.75, 3.05) is 66.5 Å². The van der Waals surface area contributed by atoms with E-state index in [2.05, 4.69) is 158 Å². The first kappa shape index (κ1) is 76.1. The van der Waals surface area contributed by atoms with Crippen LogP contribution in [0.15, 0.2) is 71.2 Å². The summed E-state index contributed by atoms with van der Waals surface area (Å²) >= 11 is 6.24. The molecule has 0 bridgehead atoms. The molecule has 1 amide bonds. The zero-order valence-electron chi connectivity index (χ0n) is 60.6. The van der Waals surface area contributed by atoms with Gasteiger partial charge in [0.05, 0.1) is 23.0 Å². The van der Waals surface area contributed by atoms with E-state index in [9.17, 15) is 18.0 Å². The molecule has 3 aliphatic carbocycles. The average molecular weight is 1330 g/mol. The number of aryl methyl sites for hydroxylation is 1. The molecule has 94 heavy (non-hydrogen) atoms. The number of allylic oxidation sites excluding steroid dienone is 4. The number of amides is 1. The third-order valence-electron chi connectivity index (χ3n) is 23.2. The molecule has 0 radical (unpaired) electrons. The second-order valence-electron chi connectivity index (χ2n) is 31.3. The molecular formula is C77H130ClF3N12O. The molecule has 0 aromatic heterocycles. The van der Waals surface area contributed by atoms with Crippen molar-refractivity contribution in [2.45, 2.75) is 289 Å². The number of likely N-dealkylation sites (tertiary alicyclic amines) is 1. The number of carbonyl (C=O) groups excluding carboxylic acids is 1. The van der Waals surface area contributed by atoms with Crippen LogP contribution in [0.5, 0.6) is 0 Å². The number of hydrogen-bond donors (Lipinski definition) is 6. The van der Waals surface area contributed by atoms with Crippen LogP contribution in [0.4, 0.5) is 13.2 Å². The minimum absolute atomic E-state index is 0.0498. The highest BCUT2D eigenvalue weighted by molar-refractivity contribution is 6.31. The highest BCUT2D eigenvalue weighted by atomic mass is 35.5. The third kappa shape index (κ3) is 21.7. The van der Waals surface area contributed by atoms with E-state index < -0.39 is 11.7 Å². The van der Waals surface area contributed by atoms with Crippen LogP contribution in [0.1, 0.15) is 228 Å². The average Bonchev–Trinajstić information content (AvgIpc) is 0.753. The highest BCUT2D eigenvalue weighted by Gasteiger charge is 2.55. The predicted octanol–water partition coefficient (Wildman–Crippen LogP) is 14.9. The molecule has 17 heteroatoms. The first-order valence-corrected chi connectivity index (χ1v) is 38.3. The number of nitrogens with zero attached hydrogens (tertiary/aromatic N) is 6. The molecule has 5 unspecified atom stereocenters. The lowest BCUT2D eigenvalue weighted by Crippen LogP contribution is -2.76. The van der Waals surface area contributed by atoms with E-state index in [1.165, 1.54) is 107 Å². The van der Waals surface area contributed by atoms with Crippen LogP contribution in [-0.2, 0) is 17.4 Å². The Bertz CT molecular complexity index is 2600. The number of aliphatic imine (C=N–C) groups is 1. The summed E-state index contributed by atoms with van der Waals surface area (Å²) in [4.78, 5) is 32.2. The maximum absolute atomic E-state index is 14.9. The van der Waals surface area contributed by atoms with Gasteiger partial charge in [0.15, 0.2) is 0 Å². The van der Waals surface area contributed by atoms with Gasteiger partial charge in [-0.1, -0.05) is 136 Å². The summed E-state index contributed by atoms with van der Waals surface area (Å²) in [5, 5.41) is 24.3. The van der Waals surface area contributed by atoms with Crippen LogP contribution in [0.3, 0.4) is 0 Å². The fourth-order valence-corrected chi connectivity index (χ4v) is 18.0. The number of nitrogens with one attached hydrogen (secondary N) is 6. The number of halogens is 4. The van der Waals surface area contributed by atoms with Crippen LogP contribution in [0, 0.1) is 35.5 Å². The molecule has 8 rings (SSSR count). The van der Waals surface area contributed by atoms with Crippen molar-refractivity contribution in [1.82, 2.24) is 56.4 Å². The van der Waals surface area contributed by atoms with Gasteiger partial charge >= 0.3 is 6.18 Å². The molecule has 532 valence electrons. The lowest BCUT2D eigenvalue weighted by Gasteiger charge is -2.60. The minimum Gasteiger partial charge on any atom is -0.369 e. The Labute approximate surface area is 573 Å². The van der Waals surface area contributed by atoms with Crippen molar-refractivity contribution < 1.29 is 18.0 Å². The lowest BCUT2D eigenvalue weighted by molar-refractivity contribution is -0.162. The number of alkyl halides is 3. The van der Waals surface area contributed by atoms with Gasteiger partial charge in [-0.05, 0) is 158 Å². The number of rotatable bonds is 13. The summed E-state index contributed by atoms with van der Waals surface area (Å²) in [6.45, 7) is 30.7. The molecule has 13 nitrogen and oxygen atoms in total. The van der Waals surface area contributed by atoms with Crippen molar-refractivity contribution in [3.05, 3.63) is 82.3 Å². The van der Waals surface area contributed by atoms with E-state index in [0.717, 1.165) is 127 Å². The lowest BCUT2D eigenvalue weighted by atomic mass is 9.74. The van der Waals surface area contributed by atoms with Gasteiger partial charge in [0.2, 0.25) is 5.91 Å². The zero-order chi connectivity index (χ0) is 67.5. The summed E-state index contributed by atoms with van der Waals surface area (Å²) < 4.78 is 41.2. The smallest absolute Gasteiger partial charge is 0.369 e. The highest BCUT2D eigenvalue weighted by Crippen LogP contribution is 2.42. The quantitative estimate of drug-likeness (QED) is 0.113. The van der Waals surface area contributed by atoms with E-state index in [4.69, 9.17) is 16.6 Å². The van der Waals surface area contributed by atoms with E-state index in [-0.39, 0.29) is 58.8 Å². The monoisotopic (exact) mass is 1330 g/mol. The number of piperidine rings is 1. The second kappa shape index (κ2) is 37.0. The van der Waals surface area contributed by atoms with Gasteiger partial charge in [-0.25, -0.2) is 0 Å². The van der Waals surface area contributed by atoms with Gasteiger partial charge < -0.3 is 51.5 Å². The Morgan fingerprint density at radius 1 is 0.809 bits per heavy atom. The number of hydrogen-bond acceptors (Lipinski definition) is 12. The summed E-state index contributed by atoms with van der Waals surface area (Å²) in [6.07, 6.45) is 35.6. The van der Waals surface area contributed by atoms with Crippen LogP contribution in [0.2, 0.25) is 5.02 Å². The van der Waals surface area contributed by atoms with Gasteiger partial charge in [-0.2, -0.15) is 13.2 Å². The molecular weight excluding hydrogens is 1200 g/mol. The van der Waals surface area contributed by atoms with Gasteiger partial charge in [-0.15, -0.1) is 0 Å². The Balaban J connectivity index is 1.11. The molecule has 6 fully saturated rings. The minimum atomic E-state index is -4.51. The first-order valence-electron chi connectivity index (χ1n) is 37.9. The SMILES string of the molecule is CC[C@H](C)[C@H]1CN[C@@H](CC(C)C)C(C)NCC2[C@@H](C(=O)N3CCCCC3)C(C)N2[C@@H](C(C)C)C(C)NC2(CCCC2)CNCCN=CC=C(CCc2ccc(C(F)(F)F)c(Cl)c2)NC=CN(C)C=C(CC2CCCCC2)N(C)C=C2CCCN2[C@@H](CC2CCCC2)C(C)N1. The van der Waals surface area contributed by atoms with E-state index in [0.29, 0.717) is 61.0 Å². The van der Waals surface area contributed by atoms with Gasteiger partial charge in [0.1, 0.15) is 0 Å². The Kier molecular flexibility index (Phi) is 29.9. The molecule has 6 N–H and O–H groups in total. The third-order valence-corrected chi connectivity index (χ3v) is 23.5. The maximum atomic E-state index is 14.9. The first-order chi connectivity index (χ1) is 45.0. The maximum Gasteiger partial charge on any atom is 0.417 e.